The van der Waals surface area contributed by atoms with E-state index in [1.165, 1.54) is 12.0 Å². The third-order valence-corrected chi connectivity index (χ3v) is 5.57. The molecule has 2 aromatic carbocycles. The van der Waals surface area contributed by atoms with E-state index in [2.05, 4.69) is 22.8 Å². The highest BCUT2D eigenvalue weighted by Crippen LogP contribution is 2.43. The van der Waals surface area contributed by atoms with Crippen molar-refractivity contribution in [2.45, 2.75) is 44.6 Å². The molecule has 0 aromatic heterocycles. The summed E-state index contributed by atoms with van der Waals surface area (Å²) in [5, 5.41) is 6.00. The van der Waals surface area contributed by atoms with Crippen LogP contribution in [0.1, 0.15) is 49.0 Å². The van der Waals surface area contributed by atoms with Crippen LogP contribution in [0.25, 0.3) is 0 Å². The number of carbonyl (C=O) groups excluding carboxylic acids is 2. The fraction of sp³-hybridized carbons (Fsp3) is 0.391. The Bertz CT molecular complexity index is 767. The predicted molar refractivity (Wildman–Crippen MR) is 108 cm³/mol. The predicted octanol–water partition coefficient (Wildman–Crippen LogP) is 3.68. The Hall–Kier alpha value is -2.62. The summed E-state index contributed by atoms with van der Waals surface area (Å²) in [5.41, 5.74) is 1.88. The van der Waals surface area contributed by atoms with Gasteiger partial charge in [0.15, 0.2) is 0 Å². The lowest BCUT2D eigenvalue weighted by Gasteiger charge is -2.43. The van der Waals surface area contributed by atoms with Gasteiger partial charge in [-0.3, -0.25) is 9.59 Å². The minimum Gasteiger partial charge on any atom is -0.353 e. The summed E-state index contributed by atoms with van der Waals surface area (Å²) < 4.78 is 0. The summed E-state index contributed by atoms with van der Waals surface area (Å²) in [4.78, 5) is 25.3. The minimum absolute atomic E-state index is 0.00623. The van der Waals surface area contributed by atoms with Crippen molar-refractivity contribution >= 4 is 11.8 Å². The van der Waals surface area contributed by atoms with Gasteiger partial charge in [0.05, 0.1) is 0 Å². The van der Waals surface area contributed by atoms with Crippen LogP contribution in [0.2, 0.25) is 0 Å². The molecule has 0 heterocycles. The number of hydrogen-bond donors (Lipinski definition) is 2. The highest BCUT2D eigenvalue weighted by Gasteiger charge is 2.39. The number of nitrogens with one attached hydrogen (secondary N) is 2. The molecule has 0 radical (unpaired) electrons. The van der Waals surface area contributed by atoms with Crippen LogP contribution in [0.3, 0.4) is 0 Å². The molecule has 2 amide bonds. The van der Waals surface area contributed by atoms with Crippen LogP contribution in [-0.2, 0) is 10.2 Å². The monoisotopic (exact) mass is 364 g/mol. The summed E-state index contributed by atoms with van der Waals surface area (Å²) in [5.74, 6) is -0.325. The van der Waals surface area contributed by atoms with E-state index in [-0.39, 0.29) is 23.1 Å². The molecule has 0 saturated heterocycles. The van der Waals surface area contributed by atoms with Crippen LogP contribution in [-0.4, -0.2) is 24.4 Å². The van der Waals surface area contributed by atoms with Crippen LogP contribution in [0, 0.1) is 5.92 Å². The van der Waals surface area contributed by atoms with E-state index in [0.717, 1.165) is 12.8 Å². The first kappa shape index (κ1) is 19.2. The molecule has 2 N–H and O–H groups in total. The van der Waals surface area contributed by atoms with Gasteiger partial charge in [0.25, 0.3) is 5.91 Å². The maximum Gasteiger partial charge on any atom is 0.251 e. The second kappa shape index (κ2) is 8.38. The van der Waals surface area contributed by atoms with Crippen molar-refractivity contribution in [3.8, 4) is 0 Å². The second-order valence-electron chi connectivity index (χ2n) is 7.78. The first-order valence-electron chi connectivity index (χ1n) is 9.71. The third-order valence-electron chi connectivity index (χ3n) is 5.57. The number of carbonyl (C=O) groups is 2. The van der Waals surface area contributed by atoms with Crippen molar-refractivity contribution in [2.24, 2.45) is 5.92 Å². The van der Waals surface area contributed by atoms with Gasteiger partial charge in [0.2, 0.25) is 5.91 Å². The standard InChI is InChI=1S/C23H28N2O2/c1-17(2)20(25-21(26)18-10-5-3-6-11-18)22(27)24-16-23(14-9-15-23)19-12-7-4-8-13-19/h3-8,10-13,17,20H,9,14-16H2,1-2H3,(H,24,27)(H,25,26). The SMILES string of the molecule is CC(C)C(NC(=O)c1ccccc1)C(=O)NCC1(c2ccccc2)CCC1. The fourth-order valence-electron chi connectivity index (χ4n) is 3.68. The van der Waals surface area contributed by atoms with Crippen LogP contribution < -0.4 is 10.6 Å². The molecule has 1 unspecified atom stereocenters. The Balaban J connectivity index is 1.64. The molecular weight excluding hydrogens is 336 g/mol. The zero-order valence-electron chi connectivity index (χ0n) is 16.1. The molecule has 4 heteroatoms. The molecule has 0 bridgehead atoms. The van der Waals surface area contributed by atoms with Crippen molar-refractivity contribution in [1.29, 1.82) is 0 Å². The van der Waals surface area contributed by atoms with E-state index in [4.69, 9.17) is 0 Å². The van der Waals surface area contributed by atoms with E-state index in [1.54, 1.807) is 12.1 Å². The van der Waals surface area contributed by atoms with Gasteiger partial charge < -0.3 is 10.6 Å². The molecule has 1 aliphatic rings. The van der Waals surface area contributed by atoms with Crippen LogP contribution >= 0.6 is 0 Å². The quantitative estimate of drug-likeness (QED) is 0.787. The number of amides is 2. The average Bonchev–Trinajstić information content (AvgIpc) is 2.66. The molecule has 0 aliphatic heterocycles. The summed E-state index contributed by atoms with van der Waals surface area (Å²) in [6, 6.07) is 18.9. The van der Waals surface area contributed by atoms with Crippen molar-refractivity contribution in [3.05, 3.63) is 71.8 Å². The van der Waals surface area contributed by atoms with Gasteiger partial charge in [-0.15, -0.1) is 0 Å². The van der Waals surface area contributed by atoms with Crippen molar-refractivity contribution in [3.63, 3.8) is 0 Å². The van der Waals surface area contributed by atoms with Crippen molar-refractivity contribution in [2.75, 3.05) is 6.54 Å². The lowest BCUT2D eigenvalue weighted by atomic mass is 9.64. The van der Waals surface area contributed by atoms with Gasteiger partial charge in [-0.25, -0.2) is 0 Å². The molecule has 1 atom stereocenters. The highest BCUT2D eigenvalue weighted by atomic mass is 16.2. The van der Waals surface area contributed by atoms with Crippen LogP contribution in [0.15, 0.2) is 60.7 Å². The lowest BCUT2D eigenvalue weighted by molar-refractivity contribution is -0.124. The van der Waals surface area contributed by atoms with Gasteiger partial charge in [-0.2, -0.15) is 0 Å². The molecular formula is C23H28N2O2. The summed E-state index contributed by atoms with van der Waals surface area (Å²) >= 11 is 0. The fourth-order valence-corrected chi connectivity index (χ4v) is 3.68. The molecule has 1 aliphatic carbocycles. The van der Waals surface area contributed by atoms with E-state index < -0.39 is 6.04 Å². The second-order valence-corrected chi connectivity index (χ2v) is 7.78. The minimum atomic E-state index is -0.550. The van der Waals surface area contributed by atoms with Crippen molar-refractivity contribution in [1.82, 2.24) is 10.6 Å². The lowest BCUT2D eigenvalue weighted by Crippen LogP contribution is -2.53. The van der Waals surface area contributed by atoms with Gasteiger partial charge >= 0.3 is 0 Å². The Labute approximate surface area is 161 Å². The highest BCUT2D eigenvalue weighted by molar-refractivity contribution is 5.97. The molecule has 2 aromatic rings. The molecule has 0 spiro atoms. The Kier molecular flexibility index (Phi) is 5.94. The number of benzene rings is 2. The third kappa shape index (κ3) is 4.38. The summed E-state index contributed by atoms with van der Waals surface area (Å²) in [7, 11) is 0. The van der Waals surface area contributed by atoms with Crippen LogP contribution in [0.5, 0.6) is 0 Å². The zero-order chi connectivity index (χ0) is 19.3. The Morgan fingerprint density at radius 3 is 2.07 bits per heavy atom. The molecule has 3 rings (SSSR count). The maximum absolute atomic E-state index is 12.8. The van der Waals surface area contributed by atoms with E-state index in [9.17, 15) is 9.59 Å². The molecule has 1 fully saturated rings. The Morgan fingerprint density at radius 2 is 1.56 bits per heavy atom. The topological polar surface area (TPSA) is 58.2 Å². The van der Waals surface area contributed by atoms with E-state index in [0.29, 0.717) is 12.1 Å². The first-order chi connectivity index (χ1) is 13.0. The van der Waals surface area contributed by atoms with Gasteiger partial charge in [-0.05, 0) is 36.5 Å². The Morgan fingerprint density at radius 1 is 0.963 bits per heavy atom. The smallest absolute Gasteiger partial charge is 0.251 e. The summed E-state index contributed by atoms with van der Waals surface area (Å²) in [6.45, 7) is 4.51. The summed E-state index contributed by atoms with van der Waals surface area (Å²) in [6.07, 6.45) is 3.35. The first-order valence-corrected chi connectivity index (χ1v) is 9.71. The van der Waals surface area contributed by atoms with E-state index >= 15 is 0 Å². The maximum atomic E-state index is 12.8. The van der Waals surface area contributed by atoms with E-state index in [1.807, 2.05) is 50.2 Å². The van der Waals surface area contributed by atoms with Crippen molar-refractivity contribution < 1.29 is 9.59 Å². The number of rotatable bonds is 7. The average molecular weight is 364 g/mol. The molecule has 27 heavy (non-hydrogen) atoms. The van der Waals surface area contributed by atoms with Gasteiger partial charge in [-0.1, -0.05) is 68.8 Å². The number of hydrogen-bond acceptors (Lipinski definition) is 2. The van der Waals surface area contributed by atoms with Gasteiger partial charge in [0.1, 0.15) is 6.04 Å². The zero-order valence-corrected chi connectivity index (χ0v) is 16.1. The molecule has 142 valence electrons. The van der Waals surface area contributed by atoms with Crippen LogP contribution in [0.4, 0.5) is 0 Å². The normalized spacial score (nSPS) is 16.3. The largest absolute Gasteiger partial charge is 0.353 e. The van der Waals surface area contributed by atoms with Gasteiger partial charge in [0, 0.05) is 17.5 Å². The molecule has 4 nitrogen and oxygen atoms in total. The molecule has 1 saturated carbocycles.